The fourth-order valence-corrected chi connectivity index (χ4v) is 2.94. The molecule has 0 aliphatic carbocycles. The van der Waals surface area contributed by atoms with Gasteiger partial charge in [0.2, 0.25) is 9.84 Å². The van der Waals surface area contributed by atoms with Crippen LogP contribution in [0, 0.1) is 5.82 Å². The maximum absolute atomic E-state index is 13.0. The van der Waals surface area contributed by atoms with Crippen LogP contribution in [0.3, 0.4) is 0 Å². The predicted octanol–water partition coefficient (Wildman–Crippen LogP) is 0.683. The van der Waals surface area contributed by atoms with Crippen LogP contribution in [0.15, 0.2) is 34.2 Å². The van der Waals surface area contributed by atoms with Gasteiger partial charge in [0.15, 0.2) is 11.5 Å². The SMILES string of the molecule is CCS(=O)(=O)c1nc(N)c2[nH]c(=O)n(Cc3ccc(F)cc3)c2n1. The van der Waals surface area contributed by atoms with Crippen LogP contribution in [0.25, 0.3) is 11.2 Å². The van der Waals surface area contributed by atoms with E-state index in [1.807, 2.05) is 0 Å². The molecule has 0 radical (unpaired) electrons. The summed E-state index contributed by atoms with van der Waals surface area (Å²) in [6.07, 6.45) is 0. The second-order valence-corrected chi connectivity index (χ2v) is 7.31. The largest absolute Gasteiger partial charge is 0.382 e. The molecule has 3 rings (SSSR count). The molecular weight excluding hydrogens is 337 g/mol. The third-order valence-electron chi connectivity index (χ3n) is 3.54. The van der Waals surface area contributed by atoms with Gasteiger partial charge >= 0.3 is 5.69 Å². The number of benzene rings is 1. The summed E-state index contributed by atoms with van der Waals surface area (Å²) in [6, 6.07) is 5.58. The molecule has 0 aliphatic heterocycles. The molecule has 126 valence electrons. The molecule has 3 N–H and O–H groups in total. The number of nitrogen functional groups attached to an aromatic ring is 1. The fraction of sp³-hybridized carbons (Fsp3) is 0.214. The highest BCUT2D eigenvalue weighted by atomic mass is 32.2. The molecule has 10 heteroatoms. The van der Waals surface area contributed by atoms with Crippen molar-refractivity contribution in [2.75, 3.05) is 11.5 Å². The first-order chi connectivity index (χ1) is 11.3. The number of rotatable bonds is 4. The highest BCUT2D eigenvalue weighted by Crippen LogP contribution is 2.18. The number of hydrogen-bond acceptors (Lipinski definition) is 6. The second kappa shape index (κ2) is 5.71. The number of halogens is 1. The van der Waals surface area contributed by atoms with E-state index >= 15 is 0 Å². The monoisotopic (exact) mass is 351 g/mol. The van der Waals surface area contributed by atoms with Crippen molar-refractivity contribution < 1.29 is 12.8 Å². The zero-order chi connectivity index (χ0) is 17.5. The van der Waals surface area contributed by atoms with Crippen LogP contribution in [-0.2, 0) is 16.4 Å². The van der Waals surface area contributed by atoms with Gasteiger partial charge in [-0.25, -0.2) is 17.6 Å². The van der Waals surface area contributed by atoms with Crippen molar-refractivity contribution >= 4 is 26.8 Å². The van der Waals surface area contributed by atoms with E-state index in [1.165, 1.54) is 35.8 Å². The number of sulfone groups is 1. The fourth-order valence-electron chi connectivity index (χ4n) is 2.22. The Hall–Kier alpha value is -2.75. The van der Waals surface area contributed by atoms with E-state index in [9.17, 15) is 17.6 Å². The lowest BCUT2D eigenvalue weighted by molar-refractivity contribution is 0.588. The van der Waals surface area contributed by atoms with Crippen molar-refractivity contribution in [3.63, 3.8) is 0 Å². The molecule has 0 saturated carbocycles. The zero-order valence-corrected chi connectivity index (χ0v) is 13.5. The predicted molar refractivity (Wildman–Crippen MR) is 85.8 cm³/mol. The van der Waals surface area contributed by atoms with Gasteiger partial charge in [-0.3, -0.25) is 4.57 Å². The van der Waals surface area contributed by atoms with Gasteiger partial charge in [0, 0.05) is 0 Å². The van der Waals surface area contributed by atoms with E-state index in [4.69, 9.17) is 5.73 Å². The van der Waals surface area contributed by atoms with Gasteiger partial charge in [0.25, 0.3) is 5.16 Å². The Morgan fingerprint density at radius 3 is 2.54 bits per heavy atom. The maximum Gasteiger partial charge on any atom is 0.328 e. The average molecular weight is 351 g/mol. The minimum absolute atomic E-state index is 0.0845. The Bertz CT molecular complexity index is 1070. The number of aromatic nitrogens is 4. The van der Waals surface area contributed by atoms with Crippen molar-refractivity contribution in [3.05, 3.63) is 46.1 Å². The normalized spacial score (nSPS) is 11.9. The van der Waals surface area contributed by atoms with Gasteiger partial charge in [0.05, 0.1) is 12.3 Å². The summed E-state index contributed by atoms with van der Waals surface area (Å²) in [5.41, 5.74) is 6.14. The van der Waals surface area contributed by atoms with E-state index < -0.39 is 26.5 Å². The Morgan fingerprint density at radius 2 is 1.92 bits per heavy atom. The summed E-state index contributed by atoms with van der Waals surface area (Å²) < 4.78 is 38.2. The van der Waals surface area contributed by atoms with Crippen molar-refractivity contribution in [2.24, 2.45) is 0 Å². The lowest BCUT2D eigenvalue weighted by atomic mass is 10.2. The van der Waals surface area contributed by atoms with Crippen molar-refractivity contribution in [2.45, 2.75) is 18.6 Å². The Labute approximate surface area is 136 Å². The molecule has 0 bridgehead atoms. The molecule has 2 heterocycles. The first-order valence-corrected chi connectivity index (χ1v) is 8.70. The molecule has 0 saturated heterocycles. The molecule has 3 aromatic rings. The minimum Gasteiger partial charge on any atom is -0.382 e. The van der Waals surface area contributed by atoms with Crippen LogP contribution in [0.2, 0.25) is 0 Å². The van der Waals surface area contributed by atoms with E-state index in [2.05, 4.69) is 15.0 Å². The molecular formula is C14H14FN5O3S. The first kappa shape index (κ1) is 16.1. The molecule has 0 atom stereocenters. The number of aromatic amines is 1. The number of imidazole rings is 1. The summed E-state index contributed by atoms with van der Waals surface area (Å²) >= 11 is 0. The summed E-state index contributed by atoms with van der Waals surface area (Å²) in [6.45, 7) is 1.54. The van der Waals surface area contributed by atoms with Crippen molar-refractivity contribution in [1.29, 1.82) is 0 Å². The highest BCUT2D eigenvalue weighted by molar-refractivity contribution is 7.91. The molecule has 0 spiro atoms. The minimum atomic E-state index is -3.68. The molecule has 2 aromatic heterocycles. The number of nitrogens with zero attached hydrogens (tertiary/aromatic N) is 3. The Balaban J connectivity index is 2.19. The van der Waals surface area contributed by atoms with Crippen LogP contribution in [-0.4, -0.2) is 33.7 Å². The van der Waals surface area contributed by atoms with Crippen LogP contribution >= 0.6 is 0 Å². The summed E-state index contributed by atoms with van der Waals surface area (Å²) in [5.74, 6) is -0.709. The molecule has 0 unspecified atom stereocenters. The average Bonchev–Trinajstić information content (AvgIpc) is 2.86. The summed E-state index contributed by atoms with van der Waals surface area (Å²) in [7, 11) is -3.68. The van der Waals surface area contributed by atoms with E-state index in [-0.39, 0.29) is 29.3 Å². The standard InChI is InChI=1S/C14H14FN5O3S/c1-2-24(22,23)13-18-11(16)10-12(19-13)20(14(21)17-10)7-8-3-5-9(15)6-4-8/h3-6H,2,7H2,1H3,(H,17,21)(H2,16,18,19). The van der Waals surface area contributed by atoms with Crippen LogP contribution in [0.1, 0.15) is 12.5 Å². The van der Waals surface area contributed by atoms with Crippen molar-refractivity contribution in [3.8, 4) is 0 Å². The van der Waals surface area contributed by atoms with Crippen LogP contribution in [0.5, 0.6) is 0 Å². The Morgan fingerprint density at radius 1 is 1.25 bits per heavy atom. The van der Waals surface area contributed by atoms with Crippen LogP contribution in [0.4, 0.5) is 10.2 Å². The third-order valence-corrected chi connectivity index (χ3v) is 5.04. The quantitative estimate of drug-likeness (QED) is 0.666. The van der Waals surface area contributed by atoms with E-state index in [0.29, 0.717) is 5.56 Å². The number of nitrogens with one attached hydrogen (secondary N) is 1. The maximum atomic E-state index is 13.0. The Kier molecular flexibility index (Phi) is 3.84. The second-order valence-electron chi connectivity index (χ2n) is 5.14. The molecule has 0 amide bonds. The zero-order valence-electron chi connectivity index (χ0n) is 12.7. The number of nitrogens with two attached hydrogens (primary N) is 1. The van der Waals surface area contributed by atoms with Crippen molar-refractivity contribution in [1.82, 2.24) is 19.5 Å². The lowest BCUT2D eigenvalue weighted by Gasteiger charge is -2.05. The first-order valence-electron chi connectivity index (χ1n) is 7.05. The number of fused-ring (bicyclic) bond motifs is 1. The van der Waals surface area contributed by atoms with Gasteiger partial charge in [-0.2, -0.15) is 9.97 Å². The third kappa shape index (κ3) is 2.75. The number of hydrogen-bond donors (Lipinski definition) is 2. The van der Waals surface area contributed by atoms with Crippen LogP contribution < -0.4 is 11.4 Å². The van der Waals surface area contributed by atoms with E-state index in [1.54, 1.807) is 0 Å². The molecule has 24 heavy (non-hydrogen) atoms. The summed E-state index contributed by atoms with van der Waals surface area (Å²) in [4.78, 5) is 22.4. The highest BCUT2D eigenvalue weighted by Gasteiger charge is 2.21. The number of anilines is 1. The van der Waals surface area contributed by atoms with Gasteiger partial charge in [-0.15, -0.1) is 0 Å². The van der Waals surface area contributed by atoms with Gasteiger partial charge in [0.1, 0.15) is 11.3 Å². The van der Waals surface area contributed by atoms with Gasteiger partial charge < -0.3 is 10.7 Å². The molecule has 1 aromatic carbocycles. The molecule has 0 aliphatic rings. The van der Waals surface area contributed by atoms with Gasteiger partial charge in [-0.05, 0) is 17.7 Å². The molecule has 8 nitrogen and oxygen atoms in total. The molecule has 0 fully saturated rings. The topological polar surface area (TPSA) is 124 Å². The smallest absolute Gasteiger partial charge is 0.328 e. The van der Waals surface area contributed by atoms with Gasteiger partial charge in [-0.1, -0.05) is 19.1 Å². The van der Waals surface area contributed by atoms with E-state index in [0.717, 1.165) is 0 Å². The number of H-pyrrole nitrogens is 1. The summed E-state index contributed by atoms with van der Waals surface area (Å²) in [5, 5.41) is -0.429. The lowest BCUT2D eigenvalue weighted by Crippen LogP contribution is -2.18.